The molecule has 0 saturated heterocycles. The molecule has 0 saturated carbocycles. The lowest BCUT2D eigenvalue weighted by Gasteiger charge is -2.09. The zero-order chi connectivity index (χ0) is 36.2. The summed E-state index contributed by atoms with van der Waals surface area (Å²) >= 11 is 3.29. The summed E-state index contributed by atoms with van der Waals surface area (Å²) in [7, 11) is -3.80. The first-order chi connectivity index (χ1) is 23.9. The number of aromatic nitrogens is 6. The van der Waals surface area contributed by atoms with E-state index in [0.717, 1.165) is 26.9 Å². The Hall–Kier alpha value is -5.63. The van der Waals surface area contributed by atoms with E-state index in [-0.39, 0.29) is 7.69 Å². The van der Waals surface area contributed by atoms with Gasteiger partial charge in [-0.15, -0.1) is 0 Å². The minimum atomic E-state index is -2.02. The number of halogens is 1. The van der Waals surface area contributed by atoms with E-state index in [9.17, 15) is 0 Å². The van der Waals surface area contributed by atoms with Crippen molar-refractivity contribution in [3.8, 4) is 40.2 Å². The van der Waals surface area contributed by atoms with E-state index in [2.05, 4.69) is 50.5 Å². The summed E-state index contributed by atoms with van der Waals surface area (Å²) in [5, 5.41) is 43.2. The first-order valence-electron chi connectivity index (χ1n) is 14.4. The highest BCUT2D eigenvalue weighted by Crippen LogP contribution is 2.26. The number of hydrogen-bond acceptors (Lipinski definition) is 16. The number of nitrogens with two attached hydrogens (primary N) is 4. The number of anilines is 4. The highest BCUT2D eigenvalue weighted by molar-refractivity contribution is 9.10. The molecule has 2 heterocycles. The van der Waals surface area contributed by atoms with Crippen molar-refractivity contribution in [2.45, 2.75) is 0 Å². The van der Waals surface area contributed by atoms with Crippen LogP contribution in [0.4, 0.5) is 22.7 Å². The minimum absolute atomic E-state index is 0.246. The van der Waals surface area contributed by atoms with Gasteiger partial charge in [0, 0.05) is 43.9 Å². The van der Waals surface area contributed by atoms with Crippen molar-refractivity contribution in [1.29, 1.82) is 0 Å². The van der Waals surface area contributed by atoms with Crippen LogP contribution in [0.25, 0.3) is 34.2 Å². The average molecular weight is 738 g/mol. The molecule has 0 spiro atoms. The van der Waals surface area contributed by atoms with Gasteiger partial charge >= 0.3 is 27.9 Å². The number of hydrogen-bond donors (Lipinski definition) is 9. The minimum Gasteiger partial charge on any atom is -0.509 e. The van der Waals surface area contributed by atoms with Crippen molar-refractivity contribution in [3.63, 3.8) is 0 Å². The molecule has 1 radical (unpaired) electrons. The lowest BCUT2D eigenvalue weighted by molar-refractivity contribution is 0.408. The van der Waals surface area contributed by atoms with Gasteiger partial charge in [-0.2, -0.15) is 9.97 Å². The molecule has 2 aromatic heterocycles. The van der Waals surface area contributed by atoms with Crippen LogP contribution < -0.4 is 39.0 Å². The fraction of sp³-hybridized carbons (Fsp3) is 0. The lowest BCUT2D eigenvalue weighted by Crippen LogP contribution is -2.46. The molecular formula is C30H29B3BrN10O6. The molecule has 0 aliphatic carbocycles. The normalized spacial score (nSPS) is 10.1. The predicted molar refractivity (Wildman–Crippen MR) is 196 cm³/mol. The Bertz CT molecular complexity index is 1780. The van der Waals surface area contributed by atoms with Crippen LogP contribution in [-0.4, -0.2) is 76.9 Å². The maximum Gasteiger partial charge on any atom is 0.571 e. The summed E-state index contributed by atoms with van der Waals surface area (Å²) in [6, 6.07) is 29.3. The Morgan fingerprint density at radius 1 is 0.480 bits per heavy atom. The first kappa shape index (κ1) is 37.2. The Kier molecular flexibility index (Phi) is 13.2. The highest BCUT2D eigenvalue weighted by atomic mass is 79.9. The van der Waals surface area contributed by atoms with Crippen molar-refractivity contribution in [2.75, 3.05) is 22.9 Å². The molecule has 0 atom stereocenters. The third-order valence-electron chi connectivity index (χ3n) is 6.28. The van der Waals surface area contributed by atoms with Crippen LogP contribution in [0.5, 0.6) is 6.01 Å². The SMILES string of the molecule is Nc1ccc(-c2nc(-c3ccc(N)cc3)nc(-c3ccc(N)cc3)n2)cc1.Nc1ccc(Br)cc1.O[B]Oc1nc(B(O)O)nc(B(O)O)n1. The number of benzene rings is 4. The molecule has 6 rings (SSSR count). The quantitative estimate of drug-likeness (QED) is 0.0756. The van der Waals surface area contributed by atoms with Crippen molar-refractivity contribution in [2.24, 2.45) is 0 Å². The monoisotopic (exact) mass is 737 g/mol. The van der Waals surface area contributed by atoms with Gasteiger partial charge in [0.15, 0.2) is 28.9 Å². The van der Waals surface area contributed by atoms with Gasteiger partial charge in [-0.25, -0.2) is 19.9 Å². The summed E-state index contributed by atoms with van der Waals surface area (Å²) in [4.78, 5) is 24.0. The van der Waals surface area contributed by atoms with Gasteiger partial charge in [-0.3, -0.25) is 0 Å². The maximum absolute atomic E-state index is 8.73. The van der Waals surface area contributed by atoms with Gasteiger partial charge in [-0.05, 0) is 97.1 Å². The summed E-state index contributed by atoms with van der Waals surface area (Å²) in [5.41, 5.74) is 27.2. The molecular weight excluding hydrogens is 709 g/mol. The standard InChI is InChI=1S/C21H18N6.C6H6BrN.C3H5B3N3O6/c22-16-7-1-13(2-8-16)19-25-20(14-3-9-17(23)10-4-14)27-21(26-19)15-5-11-18(24)12-6-15;7-5-1-3-6(8)4-2-5;10-4-15-3-8-1(5(11)12)7-2(9-3)6(13)14/h1-12H,22-24H2;1-4H,8H2;10-14H. The van der Waals surface area contributed by atoms with Crippen LogP contribution in [0.1, 0.15) is 0 Å². The smallest absolute Gasteiger partial charge is 0.509 e. The molecule has 20 heteroatoms. The van der Waals surface area contributed by atoms with E-state index in [1.54, 1.807) is 0 Å². The van der Waals surface area contributed by atoms with Crippen molar-refractivity contribution in [3.05, 3.63) is 102 Å². The molecule has 16 nitrogen and oxygen atoms in total. The fourth-order valence-corrected chi connectivity index (χ4v) is 4.11. The van der Waals surface area contributed by atoms with Gasteiger partial charge in [0.25, 0.3) is 0 Å². The molecule has 0 aliphatic rings. The van der Waals surface area contributed by atoms with Gasteiger partial charge in [0.05, 0.1) is 0 Å². The average Bonchev–Trinajstić information content (AvgIpc) is 3.11. The van der Waals surface area contributed by atoms with Crippen LogP contribution >= 0.6 is 15.9 Å². The zero-order valence-electron chi connectivity index (χ0n) is 26.0. The Morgan fingerprint density at radius 2 is 0.780 bits per heavy atom. The third kappa shape index (κ3) is 11.0. The van der Waals surface area contributed by atoms with Crippen LogP contribution in [-0.2, 0) is 0 Å². The number of nitrogens with zero attached hydrogens (tertiary/aromatic N) is 6. The Labute approximate surface area is 295 Å². The maximum atomic E-state index is 8.73. The van der Waals surface area contributed by atoms with E-state index in [1.807, 2.05) is 97.1 Å². The van der Waals surface area contributed by atoms with Crippen molar-refractivity contribution >= 4 is 72.0 Å². The largest absolute Gasteiger partial charge is 0.571 e. The van der Waals surface area contributed by atoms with E-state index in [0.29, 0.717) is 34.5 Å². The second kappa shape index (κ2) is 17.7. The summed E-state index contributed by atoms with van der Waals surface area (Å²) in [6.07, 6.45) is 0. The Balaban J connectivity index is 0.000000204. The zero-order valence-corrected chi connectivity index (χ0v) is 27.6. The Morgan fingerprint density at radius 3 is 1.04 bits per heavy atom. The number of rotatable bonds is 7. The van der Waals surface area contributed by atoms with Gasteiger partial charge in [0.1, 0.15) is 0 Å². The van der Waals surface area contributed by atoms with Gasteiger partial charge < -0.3 is 52.7 Å². The molecule has 0 fully saturated rings. The van der Waals surface area contributed by atoms with Crippen molar-refractivity contribution in [1.82, 2.24) is 29.9 Å². The highest BCUT2D eigenvalue weighted by Gasteiger charge is 2.24. The number of nitrogen functional groups attached to an aromatic ring is 4. The van der Waals surface area contributed by atoms with E-state index in [4.69, 9.17) is 48.1 Å². The molecule has 0 unspecified atom stereocenters. The fourth-order valence-electron chi connectivity index (χ4n) is 3.84. The topological polar surface area (TPSA) is 292 Å². The molecule has 0 amide bonds. The van der Waals surface area contributed by atoms with E-state index < -0.39 is 31.7 Å². The molecule has 0 aliphatic heterocycles. The molecule has 50 heavy (non-hydrogen) atoms. The summed E-state index contributed by atoms with van der Waals surface area (Å²) < 4.78 is 5.37. The molecule has 6 aromatic rings. The lowest BCUT2D eigenvalue weighted by atomic mass is 9.87. The van der Waals surface area contributed by atoms with Crippen molar-refractivity contribution < 1.29 is 29.8 Å². The van der Waals surface area contributed by atoms with Crippen LogP contribution in [0, 0.1) is 0 Å². The summed E-state index contributed by atoms with van der Waals surface area (Å²) in [6.45, 7) is 0. The summed E-state index contributed by atoms with van der Waals surface area (Å²) in [5.74, 6) is 1.72. The van der Waals surface area contributed by atoms with Crippen LogP contribution in [0.3, 0.4) is 0 Å². The molecule has 13 N–H and O–H groups in total. The van der Waals surface area contributed by atoms with Gasteiger partial charge in [-0.1, -0.05) is 15.9 Å². The third-order valence-corrected chi connectivity index (χ3v) is 6.81. The van der Waals surface area contributed by atoms with E-state index in [1.165, 1.54) is 0 Å². The second-order valence-corrected chi connectivity index (χ2v) is 10.9. The second-order valence-electron chi connectivity index (χ2n) is 10.0. The molecule has 0 bridgehead atoms. The molecule has 4 aromatic carbocycles. The van der Waals surface area contributed by atoms with E-state index >= 15 is 0 Å². The predicted octanol–water partition coefficient (Wildman–Crippen LogP) is -0.213. The van der Waals surface area contributed by atoms with Crippen LogP contribution in [0.2, 0.25) is 0 Å². The molecule has 251 valence electrons. The first-order valence-corrected chi connectivity index (χ1v) is 15.2. The van der Waals surface area contributed by atoms with Gasteiger partial charge in [0.2, 0.25) is 0 Å². The van der Waals surface area contributed by atoms with Crippen LogP contribution in [0.15, 0.2) is 102 Å².